The van der Waals surface area contributed by atoms with Gasteiger partial charge in [0.2, 0.25) is 11.8 Å². The number of anilines is 1. The number of imide groups is 1. The molecule has 1 fully saturated rings. The second-order valence-corrected chi connectivity index (χ2v) is 6.65. The van der Waals surface area contributed by atoms with Crippen LogP contribution in [0.1, 0.15) is 25.8 Å². The van der Waals surface area contributed by atoms with Crippen molar-refractivity contribution in [2.45, 2.75) is 32.9 Å². The van der Waals surface area contributed by atoms with Gasteiger partial charge in [-0.2, -0.15) is 0 Å². The van der Waals surface area contributed by atoms with E-state index in [2.05, 4.69) is 0 Å². The zero-order chi connectivity index (χ0) is 21.1. The van der Waals surface area contributed by atoms with Crippen molar-refractivity contribution in [1.82, 2.24) is 4.90 Å². The third-order valence-corrected chi connectivity index (χ3v) is 4.53. The minimum atomic E-state index is -0.946. The Morgan fingerprint density at radius 1 is 1.07 bits per heavy atom. The van der Waals surface area contributed by atoms with Gasteiger partial charge in [-0.3, -0.25) is 19.2 Å². The van der Waals surface area contributed by atoms with Gasteiger partial charge in [-0.1, -0.05) is 12.1 Å². The largest absolute Gasteiger partial charge is 0.427 e. The molecule has 150 valence electrons. The average molecular weight is 398 g/mol. The number of benzene rings is 2. The molecule has 0 N–H and O–H groups in total. The number of nitrogens with zero attached hydrogens (tertiary/aromatic N) is 2. The van der Waals surface area contributed by atoms with Crippen LogP contribution in [0, 0.1) is 5.82 Å². The molecule has 0 bridgehead atoms. The Bertz CT molecular complexity index is 956. The van der Waals surface area contributed by atoms with Crippen LogP contribution in [0.3, 0.4) is 0 Å². The van der Waals surface area contributed by atoms with E-state index < -0.39 is 29.6 Å². The van der Waals surface area contributed by atoms with Crippen molar-refractivity contribution in [3.05, 3.63) is 59.9 Å². The van der Waals surface area contributed by atoms with Crippen LogP contribution in [0.25, 0.3) is 0 Å². The van der Waals surface area contributed by atoms with Crippen LogP contribution in [0.4, 0.5) is 10.1 Å². The van der Waals surface area contributed by atoms with Crippen molar-refractivity contribution in [2.24, 2.45) is 0 Å². The number of amides is 3. The van der Waals surface area contributed by atoms with E-state index in [9.17, 15) is 23.6 Å². The topological polar surface area (TPSA) is 84.0 Å². The van der Waals surface area contributed by atoms with E-state index in [0.29, 0.717) is 17.0 Å². The Balaban J connectivity index is 1.81. The fourth-order valence-electron chi connectivity index (χ4n) is 3.19. The van der Waals surface area contributed by atoms with Crippen molar-refractivity contribution in [3.8, 4) is 5.75 Å². The Kier molecular flexibility index (Phi) is 5.72. The molecule has 29 heavy (non-hydrogen) atoms. The monoisotopic (exact) mass is 398 g/mol. The molecule has 1 unspecified atom stereocenters. The molecular formula is C21H19FN2O5. The molecule has 7 nitrogen and oxygen atoms in total. The van der Waals surface area contributed by atoms with Gasteiger partial charge in [0, 0.05) is 20.4 Å². The van der Waals surface area contributed by atoms with Gasteiger partial charge in [0.15, 0.2) is 0 Å². The molecule has 1 aliphatic heterocycles. The first-order valence-corrected chi connectivity index (χ1v) is 8.93. The van der Waals surface area contributed by atoms with Crippen LogP contribution in [-0.4, -0.2) is 34.6 Å². The Hall–Kier alpha value is -3.55. The third kappa shape index (κ3) is 4.48. The lowest BCUT2D eigenvalue weighted by Gasteiger charge is -2.26. The summed E-state index contributed by atoms with van der Waals surface area (Å²) < 4.78 is 18.1. The number of halogens is 1. The second kappa shape index (κ2) is 8.22. The summed E-state index contributed by atoms with van der Waals surface area (Å²) in [6.45, 7) is 2.67. The predicted octanol–water partition coefficient (Wildman–Crippen LogP) is 2.43. The number of carbonyl (C=O) groups is 4. The fourth-order valence-corrected chi connectivity index (χ4v) is 3.19. The smallest absolute Gasteiger partial charge is 0.308 e. The van der Waals surface area contributed by atoms with Crippen LogP contribution >= 0.6 is 0 Å². The molecule has 2 aromatic rings. The predicted molar refractivity (Wildman–Crippen MR) is 101 cm³/mol. The SMILES string of the molecule is CC(=O)Oc1ccc(N2C(=O)CC(N(Cc3ccc(F)cc3)C(C)=O)C2=O)cc1. The van der Waals surface area contributed by atoms with Gasteiger partial charge in [0.1, 0.15) is 17.6 Å². The molecule has 0 radical (unpaired) electrons. The quantitative estimate of drug-likeness (QED) is 0.439. The van der Waals surface area contributed by atoms with E-state index >= 15 is 0 Å². The number of rotatable bonds is 5. The summed E-state index contributed by atoms with van der Waals surface area (Å²) in [5.74, 6) is -1.92. The van der Waals surface area contributed by atoms with Crippen molar-refractivity contribution < 1.29 is 28.3 Å². The first-order valence-electron chi connectivity index (χ1n) is 8.93. The Morgan fingerprint density at radius 2 is 1.69 bits per heavy atom. The molecule has 0 aliphatic carbocycles. The first kappa shape index (κ1) is 20.2. The number of ether oxygens (including phenoxy) is 1. The highest BCUT2D eigenvalue weighted by atomic mass is 19.1. The minimum absolute atomic E-state index is 0.0819. The van der Waals surface area contributed by atoms with Crippen molar-refractivity contribution >= 4 is 29.4 Å². The molecule has 2 aromatic carbocycles. The lowest BCUT2D eigenvalue weighted by atomic mass is 10.1. The van der Waals surface area contributed by atoms with E-state index in [0.717, 1.165) is 4.90 Å². The molecule has 1 heterocycles. The third-order valence-electron chi connectivity index (χ3n) is 4.53. The van der Waals surface area contributed by atoms with Gasteiger partial charge in [-0.25, -0.2) is 9.29 Å². The Labute approximate surface area is 166 Å². The van der Waals surface area contributed by atoms with Gasteiger partial charge in [0.25, 0.3) is 5.91 Å². The number of hydrogen-bond donors (Lipinski definition) is 0. The van der Waals surface area contributed by atoms with Crippen molar-refractivity contribution in [3.63, 3.8) is 0 Å². The molecule has 0 spiro atoms. The summed E-state index contributed by atoms with van der Waals surface area (Å²) in [4.78, 5) is 50.9. The normalized spacial score (nSPS) is 16.1. The summed E-state index contributed by atoms with van der Waals surface area (Å²) in [7, 11) is 0. The average Bonchev–Trinajstić information content (AvgIpc) is 2.95. The van der Waals surface area contributed by atoms with E-state index in [1.807, 2.05) is 0 Å². The zero-order valence-corrected chi connectivity index (χ0v) is 15.9. The summed E-state index contributed by atoms with van der Waals surface area (Å²) in [6, 6.07) is 10.6. The molecule has 8 heteroatoms. The summed E-state index contributed by atoms with van der Waals surface area (Å²) in [6.07, 6.45) is -0.148. The van der Waals surface area contributed by atoms with Gasteiger partial charge < -0.3 is 9.64 Å². The summed E-state index contributed by atoms with van der Waals surface area (Å²) in [5.41, 5.74) is 0.967. The van der Waals surface area contributed by atoms with E-state index in [-0.39, 0.29) is 18.9 Å². The van der Waals surface area contributed by atoms with Crippen LogP contribution in [0.5, 0.6) is 5.75 Å². The molecule has 1 saturated heterocycles. The van der Waals surface area contributed by atoms with Gasteiger partial charge in [-0.15, -0.1) is 0 Å². The molecule has 0 saturated carbocycles. The van der Waals surface area contributed by atoms with Gasteiger partial charge >= 0.3 is 5.97 Å². The van der Waals surface area contributed by atoms with Crippen LogP contribution < -0.4 is 9.64 Å². The molecule has 3 rings (SSSR count). The molecule has 1 aliphatic rings. The van der Waals surface area contributed by atoms with E-state index in [1.54, 1.807) is 0 Å². The van der Waals surface area contributed by atoms with Gasteiger partial charge in [-0.05, 0) is 42.0 Å². The summed E-state index contributed by atoms with van der Waals surface area (Å²) in [5, 5.41) is 0. The number of hydrogen-bond acceptors (Lipinski definition) is 5. The maximum Gasteiger partial charge on any atom is 0.308 e. The maximum absolute atomic E-state index is 13.1. The highest BCUT2D eigenvalue weighted by Crippen LogP contribution is 2.28. The standard InChI is InChI=1S/C21H19FN2O5/c1-13(25)23(12-15-3-5-16(22)6-4-15)19-11-20(27)24(21(19)28)17-7-9-18(10-8-17)29-14(2)26/h3-10,19H,11-12H2,1-2H3. The van der Waals surface area contributed by atoms with Crippen LogP contribution in [0.2, 0.25) is 0 Å². The lowest BCUT2D eigenvalue weighted by Crippen LogP contribution is -2.44. The van der Waals surface area contributed by atoms with Gasteiger partial charge in [0.05, 0.1) is 12.1 Å². The van der Waals surface area contributed by atoms with Crippen molar-refractivity contribution in [2.75, 3.05) is 4.90 Å². The molecule has 0 aromatic heterocycles. The molecule has 3 amide bonds. The van der Waals surface area contributed by atoms with E-state index in [1.165, 1.54) is 67.3 Å². The minimum Gasteiger partial charge on any atom is -0.427 e. The maximum atomic E-state index is 13.1. The number of carbonyl (C=O) groups excluding carboxylic acids is 4. The molecular weight excluding hydrogens is 379 g/mol. The molecule has 1 atom stereocenters. The number of esters is 1. The fraction of sp³-hybridized carbons (Fsp3) is 0.238. The Morgan fingerprint density at radius 3 is 2.24 bits per heavy atom. The zero-order valence-electron chi connectivity index (χ0n) is 15.9. The van der Waals surface area contributed by atoms with Crippen LogP contribution in [-0.2, 0) is 25.7 Å². The van der Waals surface area contributed by atoms with Crippen LogP contribution in [0.15, 0.2) is 48.5 Å². The lowest BCUT2D eigenvalue weighted by molar-refractivity contribution is -0.137. The second-order valence-electron chi connectivity index (χ2n) is 6.65. The van der Waals surface area contributed by atoms with E-state index in [4.69, 9.17) is 4.74 Å². The highest BCUT2D eigenvalue weighted by molar-refractivity contribution is 6.23. The highest BCUT2D eigenvalue weighted by Gasteiger charge is 2.43. The summed E-state index contributed by atoms with van der Waals surface area (Å²) >= 11 is 0. The van der Waals surface area contributed by atoms with Crippen molar-refractivity contribution in [1.29, 1.82) is 0 Å². The first-order chi connectivity index (χ1) is 13.8.